The first kappa shape index (κ1) is 21.5. The number of hydrogen-bond acceptors (Lipinski definition) is 4. The molecule has 8 heteroatoms. The number of rotatable bonds is 5. The van der Waals surface area contributed by atoms with Gasteiger partial charge in [0, 0.05) is 44.2 Å². The lowest BCUT2D eigenvalue weighted by Crippen LogP contribution is -2.50. The zero-order valence-electron chi connectivity index (χ0n) is 17.0. The van der Waals surface area contributed by atoms with Crippen LogP contribution in [-0.2, 0) is 9.53 Å². The number of halogens is 1. The summed E-state index contributed by atoms with van der Waals surface area (Å²) in [4.78, 5) is 21.2. The third kappa shape index (κ3) is 5.67. The first-order valence-corrected chi connectivity index (χ1v) is 10.4. The van der Waals surface area contributed by atoms with E-state index in [1.54, 1.807) is 18.2 Å². The minimum atomic E-state index is -0.995. The predicted octanol–water partition coefficient (Wildman–Crippen LogP) is 1.40. The van der Waals surface area contributed by atoms with Crippen molar-refractivity contribution in [3.63, 3.8) is 0 Å². The molecule has 0 aliphatic carbocycles. The lowest BCUT2D eigenvalue weighted by molar-refractivity contribution is -0.140. The standard InChI is InChI=1S/C21H31FN4O3/c1-2-23-21(24-15-19(27)17-5-3-4-6-18(17)22)26-9-7-16(8-10-26)20(28)25-11-13-29-14-12-25/h3-6,16,19,27H,2,7-15H2,1H3,(H,23,24). The molecule has 0 radical (unpaired) electrons. The molecular weight excluding hydrogens is 375 g/mol. The number of aliphatic hydroxyl groups is 1. The highest BCUT2D eigenvalue weighted by molar-refractivity contribution is 5.82. The number of guanidine groups is 1. The normalized spacial score (nSPS) is 19.9. The Balaban J connectivity index is 1.56. The van der Waals surface area contributed by atoms with E-state index in [0.717, 1.165) is 25.9 Å². The van der Waals surface area contributed by atoms with Crippen LogP contribution in [0.3, 0.4) is 0 Å². The summed E-state index contributed by atoms with van der Waals surface area (Å²) in [5, 5.41) is 13.6. The highest BCUT2D eigenvalue weighted by atomic mass is 19.1. The van der Waals surface area contributed by atoms with Crippen LogP contribution in [-0.4, -0.2) is 79.3 Å². The van der Waals surface area contributed by atoms with E-state index < -0.39 is 11.9 Å². The number of ether oxygens (including phenoxy) is 1. The maximum absolute atomic E-state index is 13.9. The van der Waals surface area contributed by atoms with Crippen LogP contribution in [0.2, 0.25) is 0 Å². The maximum Gasteiger partial charge on any atom is 0.225 e. The number of amides is 1. The SMILES string of the molecule is CCNC(=NCC(O)c1ccccc1F)N1CCC(C(=O)N2CCOCC2)CC1. The van der Waals surface area contributed by atoms with Crippen LogP contribution in [0.25, 0.3) is 0 Å². The summed E-state index contributed by atoms with van der Waals surface area (Å²) in [5.41, 5.74) is 0.252. The van der Waals surface area contributed by atoms with Gasteiger partial charge in [0.2, 0.25) is 5.91 Å². The Morgan fingerprint density at radius 1 is 1.24 bits per heavy atom. The largest absolute Gasteiger partial charge is 0.386 e. The number of nitrogens with one attached hydrogen (secondary N) is 1. The molecule has 7 nitrogen and oxygen atoms in total. The Morgan fingerprint density at radius 3 is 2.59 bits per heavy atom. The van der Waals surface area contributed by atoms with Gasteiger partial charge in [-0.1, -0.05) is 18.2 Å². The zero-order valence-corrected chi connectivity index (χ0v) is 17.0. The summed E-state index contributed by atoms with van der Waals surface area (Å²) in [6.45, 7) is 6.80. The van der Waals surface area contributed by atoms with E-state index in [1.165, 1.54) is 6.07 Å². The van der Waals surface area contributed by atoms with E-state index in [-0.39, 0.29) is 23.9 Å². The molecule has 3 rings (SSSR count). The molecule has 160 valence electrons. The minimum absolute atomic E-state index is 0.0382. The van der Waals surface area contributed by atoms with Crippen LogP contribution in [0.15, 0.2) is 29.3 Å². The number of benzene rings is 1. The molecule has 0 saturated carbocycles. The van der Waals surface area contributed by atoms with Gasteiger partial charge < -0.3 is 25.0 Å². The van der Waals surface area contributed by atoms with Gasteiger partial charge in [-0.3, -0.25) is 9.79 Å². The van der Waals surface area contributed by atoms with Gasteiger partial charge in [-0.05, 0) is 25.8 Å². The fourth-order valence-electron chi connectivity index (χ4n) is 3.82. The molecule has 2 saturated heterocycles. The fraction of sp³-hybridized carbons (Fsp3) is 0.619. The van der Waals surface area contributed by atoms with E-state index >= 15 is 0 Å². The Kier molecular flexibility index (Phi) is 7.83. The molecule has 0 bridgehead atoms. The summed E-state index contributed by atoms with van der Waals surface area (Å²) in [6.07, 6.45) is 0.553. The molecule has 1 aromatic carbocycles. The fourth-order valence-corrected chi connectivity index (χ4v) is 3.82. The molecule has 1 amide bonds. The van der Waals surface area contributed by atoms with Gasteiger partial charge >= 0.3 is 0 Å². The zero-order chi connectivity index (χ0) is 20.6. The Bertz CT molecular complexity index is 701. The molecule has 1 atom stereocenters. The number of morpholine rings is 1. The van der Waals surface area contributed by atoms with Gasteiger partial charge in [0.25, 0.3) is 0 Å². The van der Waals surface area contributed by atoms with Crippen molar-refractivity contribution in [2.45, 2.75) is 25.9 Å². The molecule has 29 heavy (non-hydrogen) atoms. The van der Waals surface area contributed by atoms with Crippen molar-refractivity contribution in [1.82, 2.24) is 15.1 Å². The third-order valence-corrected chi connectivity index (χ3v) is 5.48. The number of carbonyl (C=O) groups is 1. The quantitative estimate of drug-likeness (QED) is 0.571. The van der Waals surface area contributed by atoms with Crippen molar-refractivity contribution < 1.29 is 19.0 Å². The summed E-state index contributed by atoms with van der Waals surface area (Å²) < 4.78 is 19.2. The van der Waals surface area contributed by atoms with E-state index in [2.05, 4.69) is 15.2 Å². The van der Waals surface area contributed by atoms with Gasteiger partial charge in [-0.15, -0.1) is 0 Å². The highest BCUT2D eigenvalue weighted by Crippen LogP contribution is 2.21. The van der Waals surface area contributed by atoms with Gasteiger partial charge in [0.05, 0.1) is 19.8 Å². The van der Waals surface area contributed by atoms with Crippen molar-refractivity contribution in [3.8, 4) is 0 Å². The average Bonchev–Trinajstić information content (AvgIpc) is 2.77. The van der Waals surface area contributed by atoms with E-state index in [1.807, 2.05) is 11.8 Å². The molecule has 2 N–H and O–H groups in total. The second-order valence-corrected chi connectivity index (χ2v) is 7.43. The number of piperidine rings is 1. The van der Waals surface area contributed by atoms with Crippen molar-refractivity contribution in [1.29, 1.82) is 0 Å². The summed E-state index contributed by atoms with van der Waals surface area (Å²) in [7, 11) is 0. The number of nitrogens with zero attached hydrogens (tertiary/aromatic N) is 3. The van der Waals surface area contributed by atoms with Crippen molar-refractivity contribution in [2.24, 2.45) is 10.9 Å². The molecule has 0 aromatic heterocycles. The van der Waals surface area contributed by atoms with E-state index in [9.17, 15) is 14.3 Å². The van der Waals surface area contributed by atoms with Crippen LogP contribution in [0.4, 0.5) is 4.39 Å². The first-order valence-electron chi connectivity index (χ1n) is 10.4. The Labute approximate surface area is 171 Å². The van der Waals surface area contributed by atoms with Crippen LogP contribution in [0.5, 0.6) is 0 Å². The number of carbonyl (C=O) groups excluding carboxylic acids is 1. The average molecular weight is 407 g/mol. The predicted molar refractivity (Wildman–Crippen MR) is 109 cm³/mol. The summed E-state index contributed by atoms with van der Waals surface area (Å²) >= 11 is 0. The van der Waals surface area contributed by atoms with Crippen molar-refractivity contribution in [3.05, 3.63) is 35.6 Å². The number of aliphatic imine (C=N–C) groups is 1. The monoisotopic (exact) mass is 406 g/mol. The minimum Gasteiger partial charge on any atom is -0.386 e. The maximum atomic E-state index is 13.9. The van der Waals surface area contributed by atoms with E-state index in [4.69, 9.17) is 4.74 Å². The lowest BCUT2D eigenvalue weighted by Gasteiger charge is -2.36. The molecule has 2 aliphatic rings. The van der Waals surface area contributed by atoms with Crippen molar-refractivity contribution in [2.75, 3.05) is 52.5 Å². The Hall–Kier alpha value is -2.19. The van der Waals surface area contributed by atoms with Crippen molar-refractivity contribution >= 4 is 11.9 Å². The smallest absolute Gasteiger partial charge is 0.225 e. The third-order valence-electron chi connectivity index (χ3n) is 5.48. The van der Waals surface area contributed by atoms with Gasteiger partial charge in [-0.25, -0.2) is 4.39 Å². The van der Waals surface area contributed by atoms with Crippen LogP contribution in [0, 0.1) is 11.7 Å². The van der Waals surface area contributed by atoms with Gasteiger partial charge in [0.1, 0.15) is 11.9 Å². The second kappa shape index (κ2) is 10.5. The molecule has 0 spiro atoms. The number of aliphatic hydroxyl groups excluding tert-OH is 1. The number of hydrogen-bond donors (Lipinski definition) is 2. The first-order chi connectivity index (χ1) is 14.1. The molecule has 2 aliphatic heterocycles. The molecule has 1 aromatic rings. The van der Waals surface area contributed by atoms with Gasteiger partial charge in [0.15, 0.2) is 5.96 Å². The van der Waals surface area contributed by atoms with Crippen LogP contribution < -0.4 is 5.32 Å². The second-order valence-electron chi connectivity index (χ2n) is 7.43. The lowest BCUT2D eigenvalue weighted by atomic mass is 9.95. The summed E-state index contributed by atoms with van der Waals surface area (Å²) in [5.74, 6) is 0.531. The summed E-state index contributed by atoms with van der Waals surface area (Å²) in [6, 6.07) is 6.21. The topological polar surface area (TPSA) is 77.4 Å². The molecule has 2 fully saturated rings. The molecular formula is C21H31FN4O3. The van der Waals surface area contributed by atoms with Crippen LogP contribution in [0.1, 0.15) is 31.4 Å². The molecule has 2 heterocycles. The van der Waals surface area contributed by atoms with E-state index in [0.29, 0.717) is 38.8 Å². The van der Waals surface area contributed by atoms with Gasteiger partial charge in [-0.2, -0.15) is 0 Å². The van der Waals surface area contributed by atoms with Crippen LogP contribution >= 0.6 is 0 Å². The molecule has 1 unspecified atom stereocenters. The number of likely N-dealkylation sites (tertiary alicyclic amines) is 1. The highest BCUT2D eigenvalue weighted by Gasteiger charge is 2.30. The Morgan fingerprint density at radius 2 is 1.93 bits per heavy atom.